The van der Waals surface area contributed by atoms with E-state index in [1.54, 1.807) is 0 Å². The average molecular weight is 313 g/mol. The number of rotatable bonds is 1. The minimum atomic E-state index is -0.763. The molecular formula is C14H17BrO3. The number of aliphatic hydroxyl groups is 1. The third-order valence-electron chi connectivity index (χ3n) is 4.03. The molecule has 1 saturated heterocycles. The minimum absolute atomic E-state index is 0.423. The number of ether oxygens (including phenoxy) is 2. The summed E-state index contributed by atoms with van der Waals surface area (Å²) in [6, 6.07) is 7.88. The smallest absolute Gasteiger partial charge is 0.168 e. The molecule has 4 heteroatoms. The van der Waals surface area contributed by atoms with E-state index in [4.69, 9.17) is 9.47 Å². The molecule has 0 radical (unpaired) electrons. The molecule has 1 N–H and O–H groups in total. The number of hydrogen-bond donors (Lipinski definition) is 1. The van der Waals surface area contributed by atoms with Crippen LogP contribution < -0.4 is 0 Å². The largest absolute Gasteiger partial charge is 0.385 e. The van der Waals surface area contributed by atoms with Gasteiger partial charge in [0.15, 0.2) is 5.79 Å². The molecule has 0 bridgehead atoms. The maximum absolute atomic E-state index is 10.8. The van der Waals surface area contributed by atoms with Gasteiger partial charge in [-0.05, 0) is 24.5 Å². The molecule has 1 aliphatic carbocycles. The highest BCUT2D eigenvalue weighted by molar-refractivity contribution is 9.10. The van der Waals surface area contributed by atoms with E-state index in [0.29, 0.717) is 26.1 Å². The van der Waals surface area contributed by atoms with Crippen LogP contribution in [0.3, 0.4) is 0 Å². The quantitative estimate of drug-likeness (QED) is 0.866. The lowest BCUT2D eigenvalue weighted by atomic mass is 9.77. The predicted molar refractivity (Wildman–Crippen MR) is 71.1 cm³/mol. The molecule has 1 aliphatic heterocycles. The summed E-state index contributed by atoms with van der Waals surface area (Å²) in [4.78, 5) is 0. The van der Waals surface area contributed by atoms with Crippen LogP contribution in [0, 0.1) is 0 Å². The molecule has 1 saturated carbocycles. The second-order valence-corrected chi connectivity index (χ2v) is 5.97. The van der Waals surface area contributed by atoms with Gasteiger partial charge >= 0.3 is 0 Å². The SMILES string of the molecule is OC1(c2ccccc2Br)CCC2(CC1)OCCO2. The molecule has 3 rings (SSSR count). The van der Waals surface area contributed by atoms with E-state index in [9.17, 15) is 5.11 Å². The van der Waals surface area contributed by atoms with Gasteiger partial charge in [0.05, 0.1) is 18.8 Å². The van der Waals surface area contributed by atoms with Crippen LogP contribution >= 0.6 is 15.9 Å². The first-order chi connectivity index (χ1) is 8.64. The Morgan fingerprint density at radius 3 is 2.22 bits per heavy atom. The normalized spacial score (nSPS) is 25.4. The van der Waals surface area contributed by atoms with Gasteiger partial charge in [0.25, 0.3) is 0 Å². The molecule has 3 nitrogen and oxygen atoms in total. The monoisotopic (exact) mass is 312 g/mol. The van der Waals surface area contributed by atoms with Crippen molar-refractivity contribution in [3.8, 4) is 0 Å². The van der Waals surface area contributed by atoms with Gasteiger partial charge in [0.1, 0.15) is 0 Å². The Hall–Kier alpha value is -0.420. The van der Waals surface area contributed by atoms with Crippen LogP contribution in [0.15, 0.2) is 28.7 Å². The Morgan fingerprint density at radius 2 is 1.61 bits per heavy atom. The van der Waals surface area contributed by atoms with Crippen molar-refractivity contribution in [1.82, 2.24) is 0 Å². The fourth-order valence-corrected chi connectivity index (χ4v) is 3.59. The Labute approximate surface area is 115 Å². The van der Waals surface area contributed by atoms with E-state index in [2.05, 4.69) is 15.9 Å². The second-order valence-electron chi connectivity index (χ2n) is 5.12. The van der Waals surface area contributed by atoms with Crippen LogP contribution in [0.5, 0.6) is 0 Å². The van der Waals surface area contributed by atoms with Crippen molar-refractivity contribution in [2.75, 3.05) is 13.2 Å². The van der Waals surface area contributed by atoms with Crippen LogP contribution in [0.25, 0.3) is 0 Å². The zero-order chi connectivity index (χ0) is 12.6. The Bertz CT molecular complexity index is 430. The fourth-order valence-electron chi connectivity index (χ4n) is 2.94. The molecule has 0 amide bonds. The fraction of sp³-hybridized carbons (Fsp3) is 0.571. The topological polar surface area (TPSA) is 38.7 Å². The Kier molecular flexibility index (Phi) is 3.22. The Balaban J connectivity index is 1.80. The van der Waals surface area contributed by atoms with Gasteiger partial charge < -0.3 is 14.6 Å². The van der Waals surface area contributed by atoms with E-state index in [-0.39, 0.29) is 0 Å². The molecule has 98 valence electrons. The van der Waals surface area contributed by atoms with Crippen molar-refractivity contribution in [2.24, 2.45) is 0 Å². The summed E-state index contributed by atoms with van der Waals surface area (Å²) < 4.78 is 12.4. The van der Waals surface area contributed by atoms with Crippen molar-refractivity contribution < 1.29 is 14.6 Å². The zero-order valence-electron chi connectivity index (χ0n) is 10.2. The zero-order valence-corrected chi connectivity index (χ0v) is 11.8. The average Bonchev–Trinajstić information content (AvgIpc) is 2.83. The van der Waals surface area contributed by atoms with Gasteiger partial charge in [0, 0.05) is 17.3 Å². The molecule has 1 heterocycles. The summed E-state index contributed by atoms with van der Waals surface area (Å²) in [6.07, 6.45) is 2.86. The summed E-state index contributed by atoms with van der Waals surface area (Å²) in [7, 11) is 0. The van der Waals surface area contributed by atoms with Crippen LogP contribution in [0.2, 0.25) is 0 Å². The molecule has 1 spiro atoms. The van der Waals surface area contributed by atoms with Gasteiger partial charge in [-0.3, -0.25) is 0 Å². The molecule has 1 aromatic carbocycles. The van der Waals surface area contributed by atoms with Crippen molar-refractivity contribution >= 4 is 15.9 Å². The standard InChI is InChI=1S/C14H17BrO3/c15-12-4-2-1-3-11(12)13(16)5-7-14(8-6-13)17-9-10-18-14/h1-4,16H,5-10H2. The van der Waals surface area contributed by atoms with E-state index < -0.39 is 11.4 Å². The lowest BCUT2D eigenvalue weighted by Gasteiger charge is -2.41. The lowest BCUT2D eigenvalue weighted by molar-refractivity contribution is -0.204. The highest BCUT2D eigenvalue weighted by Gasteiger charge is 2.46. The summed E-state index contributed by atoms with van der Waals surface area (Å²) >= 11 is 3.52. The second kappa shape index (κ2) is 4.60. The molecule has 2 fully saturated rings. The molecule has 0 atom stereocenters. The van der Waals surface area contributed by atoms with Crippen LogP contribution in [0.4, 0.5) is 0 Å². The van der Waals surface area contributed by atoms with E-state index >= 15 is 0 Å². The first-order valence-corrected chi connectivity index (χ1v) is 7.18. The lowest BCUT2D eigenvalue weighted by Crippen LogP contribution is -2.42. The van der Waals surface area contributed by atoms with E-state index in [1.165, 1.54) is 0 Å². The van der Waals surface area contributed by atoms with Crippen LogP contribution in [0.1, 0.15) is 31.2 Å². The summed E-state index contributed by atoms with van der Waals surface area (Å²) in [5, 5.41) is 10.8. The molecule has 0 unspecified atom stereocenters. The number of halogens is 1. The Morgan fingerprint density at radius 1 is 1.00 bits per heavy atom. The minimum Gasteiger partial charge on any atom is -0.385 e. The number of hydrogen-bond acceptors (Lipinski definition) is 3. The van der Waals surface area contributed by atoms with Gasteiger partial charge in [-0.25, -0.2) is 0 Å². The van der Waals surface area contributed by atoms with Gasteiger partial charge in [0.2, 0.25) is 0 Å². The van der Waals surface area contributed by atoms with Gasteiger partial charge in [-0.1, -0.05) is 34.1 Å². The van der Waals surface area contributed by atoms with Gasteiger partial charge in [-0.2, -0.15) is 0 Å². The van der Waals surface area contributed by atoms with Crippen molar-refractivity contribution in [3.63, 3.8) is 0 Å². The van der Waals surface area contributed by atoms with Crippen molar-refractivity contribution in [2.45, 2.75) is 37.1 Å². The molecule has 0 aromatic heterocycles. The molecule has 18 heavy (non-hydrogen) atoms. The maximum Gasteiger partial charge on any atom is 0.168 e. The van der Waals surface area contributed by atoms with E-state index in [0.717, 1.165) is 22.9 Å². The first kappa shape index (κ1) is 12.6. The first-order valence-electron chi connectivity index (χ1n) is 6.39. The molecule has 2 aliphatic rings. The summed E-state index contributed by atoms with van der Waals surface area (Å²) in [6.45, 7) is 1.35. The summed E-state index contributed by atoms with van der Waals surface area (Å²) in [5.74, 6) is -0.423. The highest BCUT2D eigenvalue weighted by Crippen LogP contribution is 2.46. The highest BCUT2D eigenvalue weighted by atomic mass is 79.9. The van der Waals surface area contributed by atoms with Crippen LogP contribution in [-0.4, -0.2) is 24.1 Å². The van der Waals surface area contributed by atoms with Crippen LogP contribution in [-0.2, 0) is 15.1 Å². The summed E-state index contributed by atoms with van der Waals surface area (Å²) in [5.41, 5.74) is 0.207. The van der Waals surface area contributed by atoms with E-state index in [1.807, 2.05) is 24.3 Å². The third kappa shape index (κ3) is 2.11. The molecule has 1 aromatic rings. The van der Waals surface area contributed by atoms with Crippen molar-refractivity contribution in [1.29, 1.82) is 0 Å². The predicted octanol–water partition coefficient (Wildman–Crippen LogP) is 2.95. The third-order valence-corrected chi connectivity index (χ3v) is 4.72. The number of benzene rings is 1. The van der Waals surface area contributed by atoms with Gasteiger partial charge in [-0.15, -0.1) is 0 Å². The maximum atomic E-state index is 10.8. The van der Waals surface area contributed by atoms with Crippen molar-refractivity contribution in [3.05, 3.63) is 34.3 Å². The molecular weight excluding hydrogens is 296 g/mol.